The summed E-state index contributed by atoms with van der Waals surface area (Å²) in [4.78, 5) is 48.6. The first-order chi connectivity index (χ1) is 25.0. The highest BCUT2D eigenvalue weighted by atomic mass is 16.7. The highest BCUT2D eigenvalue weighted by molar-refractivity contribution is 5.68. The minimum atomic E-state index is -1.22. The van der Waals surface area contributed by atoms with E-state index in [-0.39, 0.29) is 18.1 Å². The van der Waals surface area contributed by atoms with Crippen LogP contribution in [0, 0.1) is 58.2 Å². The summed E-state index contributed by atoms with van der Waals surface area (Å²) in [6.07, 6.45) is 8.70. The number of ether oxygens (including phenoxy) is 6. The van der Waals surface area contributed by atoms with E-state index in [9.17, 15) is 19.2 Å². The Labute approximate surface area is 318 Å². The normalized spacial score (nSPS) is 40.5. The molecule has 1 heterocycles. The van der Waals surface area contributed by atoms with Crippen molar-refractivity contribution in [3.05, 3.63) is 0 Å². The fraction of sp³-hybridized carbons (Fsp3) is 0.907. The molecule has 3 unspecified atom stereocenters. The van der Waals surface area contributed by atoms with Crippen LogP contribution in [0.25, 0.3) is 0 Å². The van der Waals surface area contributed by atoms with Gasteiger partial charge in [0.25, 0.3) is 0 Å². The molecule has 0 N–H and O–H groups in total. The number of esters is 4. The Hall–Kier alpha value is -2.20. The maximum atomic E-state index is 12.4. The van der Waals surface area contributed by atoms with Gasteiger partial charge in [-0.15, -0.1) is 0 Å². The molecule has 302 valence electrons. The van der Waals surface area contributed by atoms with Crippen LogP contribution < -0.4 is 0 Å². The lowest BCUT2D eigenvalue weighted by Crippen LogP contribution is -2.63. The summed E-state index contributed by atoms with van der Waals surface area (Å²) in [7, 11) is 0. The van der Waals surface area contributed by atoms with E-state index in [2.05, 4.69) is 41.5 Å². The number of fused-ring (bicyclic) bond motifs is 5. The maximum Gasteiger partial charge on any atom is 0.303 e. The van der Waals surface area contributed by atoms with Gasteiger partial charge in [0.1, 0.15) is 12.7 Å². The molecule has 5 fully saturated rings. The molecule has 0 aromatic heterocycles. The van der Waals surface area contributed by atoms with E-state index in [0.717, 1.165) is 54.8 Å². The summed E-state index contributed by atoms with van der Waals surface area (Å²) in [6, 6.07) is 0. The fourth-order valence-corrected chi connectivity index (χ4v) is 12.5. The van der Waals surface area contributed by atoms with Gasteiger partial charge in [-0.05, 0) is 122 Å². The molecule has 0 amide bonds. The van der Waals surface area contributed by atoms with Gasteiger partial charge in [-0.25, -0.2) is 0 Å². The Morgan fingerprint density at radius 1 is 0.717 bits per heavy atom. The summed E-state index contributed by atoms with van der Waals surface area (Å²) in [5, 5.41) is 0. The Kier molecular flexibility index (Phi) is 13.7. The standard InChI is InChI=1S/C43H70O10/c1-11-30(24(2)3)13-12-25(4)34-16-17-35-33-15-14-31-22-32(18-20-42(31,9)36(33)19-21-43(34,35)10)52-41-40(51-29(8)47)39(50-28(7)46)38(49-27(6)45)37(53-41)23-48-26(5)44/h24-25,30-41H,11-23H2,1-10H3/t25-,30-,31?,32?,33+,34-,35+,36+,37-,38-,39+,40-,41?,42+,43-/m1/s1. The predicted octanol–water partition coefficient (Wildman–Crippen LogP) is 8.21. The summed E-state index contributed by atoms with van der Waals surface area (Å²) in [5.41, 5.74) is 0.680. The largest absolute Gasteiger partial charge is 0.463 e. The lowest BCUT2D eigenvalue weighted by atomic mass is 9.44. The zero-order valence-corrected chi connectivity index (χ0v) is 34.4. The van der Waals surface area contributed by atoms with Crippen LogP contribution in [0.15, 0.2) is 0 Å². The van der Waals surface area contributed by atoms with Crippen molar-refractivity contribution >= 4 is 23.9 Å². The monoisotopic (exact) mass is 746 g/mol. The van der Waals surface area contributed by atoms with Crippen LogP contribution in [0.1, 0.15) is 146 Å². The number of hydrogen-bond acceptors (Lipinski definition) is 10. The smallest absolute Gasteiger partial charge is 0.303 e. The van der Waals surface area contributed by atoms with Crippen molar-refractivity contribution in [3.63, 3.8) is 0 Å². The van der Waals surface area contributed by atoms with Crippen LogP contribution in [0.4, 0.5) is 0 Å². The second kappa shape index (κ2) is 17.3. The highest BCUT2D eigenvalue weighted by Gasteiger charge is 2.61. The van der Waals surface area contributed by atoms with E-state index in [1.807, 2.05) is 0 Å². The molecule has 0 aromatic carbocycles. The average Bonchev–Trinajstić information content (AvgIpc) is 3.43. The Balaban J connectivity index is 1.28. The lowest BCUT2D eigenvalue weighted by Gasteiger charge is -2.61. The Morgan fingerprint density at radius 3 is 1.96 bits per heavy atom. The van der Waals surface area contributed by atoms with Gasteiger partial charge in [-0.3, -0.25) is 19.2 Å². The van der Waals surface area contributed by atoms with Crippen molar-refractivity contribution in [2.45, 2.75) is 183 Å². The van der Waals surface area contributed by atoms with Crippen LogP contribution in [0.3, 0.4) is 0 Å². The second-order valence-electron chi connectivity index (χ2n) is 18.5. The van der Waals surface area contributed by atoms with E-state index in [4.69, 9.17) is 28.4 Å². The van der Waals surface area contributed by atoms with Gasteiger partial charge in [-0.1, -0.05) is 54.4 Å². The molecule has 4 aliphatic carbocycles. The fourth-order valence-electron chi connectivity index (χ4n) is 12.5. The topological polar surface area (TPSA) is 124 Å². The van der Waals surface area contributed by atoms with Crippen LogP contribution in [-0.2, 0) is 47.6 Å². The zero-order valence-electron chi connectivity index (χ0n) is 34.4. The second-order valence-corrected chi connectivity index (χ2v) is 18.5. The highest BCUT2D eigenvalue weighted by Crippen LogP contribution is 2.68. The van der Waals surface area contributed by atoms with Crippen LogP contribution in [0.2, 0.25) is 0 Å². The molecule has 4 saturated carbocycles. The molecule has 10 nitrogen and oxygen atoms in total. The van der Waals surface area contributed by atoms with Crippen molar-refractivity contribution < 1.29 is 47.6 Å². The minimum absolute atomic E-state index is 0.173. The molecule has 0 bridgehead atoms. The van der Waals surface area contributed by atoms with E-state index in [1.165, 1.54) is 85.5 Å². The molecule has 0 aromatic rings. The molecule has 1 saturated heterocycles. The van der Waals surface area contributed by atoms with Crippen LogP contribution in [-0.4, -0.2) is 67.3 Å². The van der Waals surface area contributed by atoms with Crippen LogP contribution >= 0.6 is 0 Å². The molecule has 1 aliphatic heterocycles. The van der Waals surface area contributed by atoms with Crippen LogP contribution in [0.5, 0.6) is 0 Å². The van der Waals surface area contributed by atoms with Gasteiger partial charge in [0, 0.05) is 27.7 Å². The molecular formula is C43H70O10. The third kappa shape index (κ3) is 9.10. The number of carbonyl (C=O) groups is 4. The van der Waals surface area contributed by atoms with Gasteiger partial charge < -0.3 is 28.4 Å². The molecular weight excluding hydrogens is 676 g/mol. The molecule has 10 heteroatoms. The van der Waals surface area contributed by atoms with Crippen molar-refractivity contribution in [1.82, 2.24) is 0 Å². The number of rotatable bonds is 13. The molecule has 0 radical (unpaired) electrons. The third-order valence-electron chi connectivity index (χ3n) is 15.1. The van der Waals surface area contributed by atoms with Crippen molar-refractivity contribution in [3.8, 4) is 0 Å². The number of carbonyl (C=O) groups excluding carboxylic acids is 4. The van der Waals surface area contributed by atoms with E-state index < -0.39 is 54.6 Å². The maximum absolute atomic E-state index is 12.4. The van der Waals surface area contributed by atoms with Gasteiger partial charge in [-0.2, -0.15) is 0 Å². The summed E-state index contributed by atoms with van der Waals surface area (Å²) in [5.74, 6) is 3.55. The van der Waals surface area contributed by atoms with Gasteiger partial charge in [0.15, 0.2) is 24.6 Å². The predicted molar refractivity (Wildman–Crippen MR) is 199 cm³/mol. The average molecular weight is 747 g/mol. The van der Waals surface area contributed by atoms with Crippen molar-refractivity contribution in [2.24, 2.45) is 58.2 Å². The molecule has 0 spiro atoms. The molecule has 53 heavy (non-hydrogen) atoms. The zero-order chi connectivity index (χ0) is 38.8. The van der Waals surface area contributed by atoms with Crippen molar-refractivity contribution in [2.75, 3.05) is 6.61 Å². The Bertz CT molecular complexity index is 1300. The summed E-state index contributed by atoms with van der Waals surface area (Å²) < 4.78 is 35.2. The minimum Gasteiger partial charge on any atom is -0.463 e. The number of hydrogen-bond donors (Lipinski definition) is 0. The lowest BCUT2D eigenvalue weighted by molar-refractivity contribution is -0.321. The first-order valence-electron chi connectivity index (χ1n) is 20.9. The third-order valence-corrected chi connectivity index (χ3v) is 15.1. The first-order valence-corrected chi connectivity index (χ1v) is 20.9. The van der Waals surface area contributed by atoms with E-state index >= 15 is 0 Å². The van der Waals surface area contributed by atoms with Gasteiger partial charge >= 0.3 is 23.9 Å². The summed E-state index contributed by atoms with van der Waals surface area (Å²) >= 11 is 0. The SMILES string of the molecule is CC[C@H](CC[C@@H](C)[C@H]1CC[C@H]2[C@@H]3CCC4CC(OC5O[C@H](COC(C)=O)[C@@H](OC(C)=O)[C@H](OC(C)=O)[C@H]5OC(C)=O)CC[C@]4(C)[C@H]3CC[C@]12C)C(C)C. The Morgan fingerprint density at radius 2 is 1.34 bits per heavy atom. The molecule has 5 rings (SSSR count). The first kappa shape index (κ1) is 42.0. The molecule has 15 atom stereocenters. The van der Waals surface area contributed by atoms with Gasteiger partial charge in [0.05, 0.1) is 6.10 Å². The van der Waals surface area contributed by atoms with Crippen molar-refractivity contribution in [1.29, 1.82) is 0 Å². The quantitative estimate of drug-likeness (QED) is 0.104. The van der Waals surface area contributed by atoms with E-state index in [0.29, 0.717) is 17.3 Å². The summed E-state index contributed by atoms with van der Waals surface area (Å²) in [6.45, 7) is 19.6. The molecule has 5 aliphatic rings. The van der Waals surface area contributed by atoms with E-state index in [1.54, 1.807) is 0 Å². The van der Waals surface area contributed by atoms with Gasteiger partial charge in [0.2, 0.25) is 0 Å².